The molecule has 1 amide bonds. The van der Waals surface area contributed by atoms with Crippen LogP contribution in [0.3, 0.4) is 0 Å². The lowest BCUT2D eigenvalue weighted by atomic mass is 10.1. The van der Waals surface area contributed by atoms with Gasteiger partial charge in [0, 0.05) is 0 Å². The molecule has 21 heavy (non-hydrogen) atoms. The summed E-state index contributed by atoms with van der Waals surface area (Å²) in [6.45, 7) is -3.05. The van der Waals surface area contributed by atoms with Gasteiger partial charge in [0.2, 0.25) is 0 Å². The maximum absolute atomic E-state index is 13.1. The van der Waals surface area contributed by atoms with Crippen LogP contribution in [0.5, 0.6) is 11.5 Å². The van der Waals surface area contributed by atoms with Crippen LogP contribution in [-0.4, -0.2) is 17.6 Å². The van der Waals surface area contributed by atoms with Gasteiger partial charge in [0.05, 0.1) is 11.3 Å². The molecule has 2 N–H and O–H groups in total. The van der Waals surface area contributed by atoms with E-state index in [-0.39, 0.29) is 17.0 Å². The minimum atomic E-state index is -3.05. The van der Waals surface area contributed by atoms with Crippen molar-refractivity contribution >= 4 is 11.6 Å². The first-order valence-corrected chi connectivity index (χ1v) is 5.81. The van der Waals surface area contributed by atoms with Crippen molar-refractivity contribution in [2.75, 3.05) is 5.32 Å². The molecule has 0 aliphatic carbocycles. The lowest BCUT2D eigenvalue weighted by molar-refractivity contribution is -0.0493. The van der Waals surface area contributed by atoms with E-state index < -0.39 is 24.1 Å². The van der Waals surface area contributed by atoms with Crippen LogP contribution in [0.1, 0.15) is 10.4 Å². The molecule has 0 aromatic heterocycles. The number of amides is 1. The quantitative estimate of drug-likeness (QED) is 0.909. The molecule has 0 atom stereocenters. The van der Waals surface area contributed by atoms with Gasteiger partial charge in [-0.1, -0.05) is 12.1 Å². The number of anilines is 1. The van der Waals surface area contributed by atoms with E-state index >= 15 is 0 Å². The van der Waals surface area contributed by atoms with Crippen molar-refractivity contribution in [2.24, 2.45) is 0 Å². The fraction of sp³-hybridized carbons (Fsp3) is 0.0714. The zero-order valence-electron chi connectivity index (χ0n) is 10.5. The van der Waals surface area contributed by atoms with E-state index in [1.54, 1.807) is 0 Å². The minimum Gasteiger partial charge on any atom is -0.507 e. The third-order valence-corrected chi connectivity index (χ3v) is 2.55. The van der Waals surface area contributed by atoms with E-state index in [1.165, 1.54) is 24.3 Å². The van der Waals surface area contributed by atoms with Gasteiger partial charge in [0.1, 0.15) is 17.3 Å². The van der Waals surface area contributed by atoms with Gasteiger partial charge in [-0.15, -0.1) is 0 Å². The molecule has 0 bridgehead atoms. The number of phenolic OH excluding ortho intramolecular Hbond substituents is 1. The van der Waals surface area contributed by atoms with Gasteiger partial charge in [-0.2, -0.15) is 8.78 Å². The van der Waals surface area contributed by atoms with Crippen molar-refractivity contribution in [1.29, 1.82) is 0 Å². The maximum Gasteiger partial charge on any atom is 0.387 e. The van der Waals surface area contributed by atoms with E-state index in [2.05, 4.69) is 10.1 Å². The summed E-state index contributed by atoms with van der Waals surface area (Å²) < 4.78 is 41.8. The van der Waals surface area contributed by atoms with E-state index in [4.69, 9.17) is 0 Å². The van der Waals surface area contributed by atoms with E-state index in [9.17, 15) is 23.1 Å². The van der Waals surface area contributed by atoms with Crippen molar-refractivity contribution in [3.05, 3.63) is 53.8 Å². The second-order valence-corrected chi connectivity index (χ2v) is 3.99. The summed E-state index contributed by atoms with van der Waals surface area (Å²) in [4.78, 5) is 11.9. The number of rotatable bonds is 4. The summed E-state index contributed by atoms with van der Waals surface area (Å²) in [5.41, 5.74) is -0.340. The Labute approximate surface area is 117 Å². The summed E-state index contributed by atoms with van der Waals surface area (Å²) >= 11 is 0. The molecule has 0 unspecified atom stereocenters. The second kappa shape index (κ2) is 6.17. The molecule has 2 aromatic rings. The molecule has 2 rings (SSSR count). The fourth-order valence-electron chi connectivity index (χ4n) is 1.65. The van der Waals surface area contributed by atoms with Crippen LogP contribution in [0.2, 0.25) is 0 Å². The predicted octanol–water partition coefficient (Wildman–Crippen LogP) is 3.39. The van der Waals surface area contributed by atoms with Crippen LogP contribution < -0.4 is 10.1 Å². The highest BCUT2D eigenvalue weighted by Gasteiger charge is 2.15. The second-order valence-electron chi connectivity index (χ2n) is 3.99. The molecule has 0 heterocycles. The Morgan fingerprint density at radius 3 is 2.62 bits per heavy atom. The molecule has 0 aliphatic heterocycles. The molecular weight excluding hydrogens is 287 g/mol. The Balaban J connectivity index is 2.25. The van der Waals surface area contributed by atoms with Crippen LogP contribution in [0, 0.1) is 5.82 Å². The number of hydrogen-bond acceptors (Lipinski definition) is 3. The van der Waals surface area contributed by atoms with E-state index in [0.29, 0.717) is 0 Å². The average Bonchev–Trinajstić information content (AvgIpc) is 2.43. The van der Waals surface area contributed by atoms with Gasteiger partial charge >= 0.3 is 6.61 Å². The molecule has 7 heteroatoms. The van der Waals surface area contributed by atoms with Crippen molar-refractivity contribution in [2.45, 2.75) is 6.61 Å². The number of alkyl halides is 2. The summed E-state index contributed by atoms with van der Waals surface area (Å²) in [6, 6.07) is 8.37. The number of halogens is 3. The first-order chi connectivity index (χ1) is 9.97. The molecule has 0 fully saturated rings. The van der Waals surface area contributed by atoms with Gasteiger partial charge in [0.15, 0.2) is 0 Å². The van der Waals surface area contributed by atoms with E-state index in [1.807, 2.05) is 0 Å². The van der Waals surface area contributed by atoms with Crippen LogP contribution in [0.4, 0.5) is 18.9 Å². The normalized spacial score (nSPS) is 10.5. The molecular formula is C14H10F3NO3. The summed E-state index contributed by atoms with van der Waals surface area (Å²) in [5, 5.41) is 11.8. The fourth-order valence-corrected chi connectivity index (χ4v) is 1.65. The largest absolute Gasteiger partial charge is 0.507 e. The Morgan fingerprint density at radius 2 is 1.90 bits per heavy atom. The molecule has 0 aliphatic rings. The minimum absolute atomic E-state index is 0.0218. The van der Waals surface area contributed by atoms with Crippen molar-refractivity contribution < 1.29 is 27.8 Å². The number of ether oxygens (including phenoxy) is 1. The van der Waals surface area contributed by atoms with Gasteiger partial charge in [-0.3, -0.25) is 4.79 Å². The summed E-state index contributed by atoms with van der Waals surface area (Å²) in [5.74, 6) is -2.23. The molecule has 4 nitrogen and oxygen atoms in total. The Hall–Kier alpha value is -2.70. The first-order valence-electron chi connectivity index (χ1n) is 5.81. The Kier molecular flexibility index (Phi) is 4.32. The monoisotopic (exact) mass is 297 g/mol. The zero-order chi connectivity index (χ0) is 15.4. The number of carbonyl (C=O) groups excluding carboxylic acids is 1. The van der Waals surface area contributed by atoms with Gasteiger partial charge in [-0.25, -0.2) is 4.39 Å². The third kappa shape index (κ3) is 3.65. The number of benzene rings is 2. The number of nitrogens with one attached hydrogen (secondary N) is 1. The Bertz CT molecular complexity index is 662. The zero-order valence-corrected chi connectivity index (χ0v) is 10.5. The number of carbonyl (C=O) groups is 1. The van der Waals surface area contributed by atoms with Crippen LogP contribution >= 0.6 is 0 Å². The highest BCUT2D eigenvalue weighted by atomic mass is 19.3. The summed E-state index contributed by atoms with van der Waals surface area (Å²) in [7, 11) is 0. The highest BCUT2D eigenvalue weighted by Crippen LogP contribution is 2.27. The molecule has 0 spiro atoms. The summed E-state index contributed by atoms with van der Waals surface area (Å²) in [6.07, 6.45) is 0. The number of phenols is 1. The highest BCUT2D eigenvalue weighted by molar-refractivity contribution is 6.06. The van der Waals surface area contributed by atoms with Crippen LogP contribution in [0.25, 0.3) is 0 Å². The maximum atomic E-state index is 13.1. The molecule has 110 valence electrons. The van der Waals surface area contributed by atoms with Gasteiger partial charge < -0.3 is 15.2 Å². The number of hydrogen-bond donors (Lipinski definition) is 2. The third-order valence-electron chi connectivity index (χ3n) is 2.55. The van der Waals surface area contributed by atoms with Crippen LogP contribution in [0.15, 0.2) is 42.5 Å². The smallest absolute Gasteiger partial charge is 0.387 e. The molecule has 0 saturated heterocycles. The SMILES string of the molecule is O=C(Nc1ccccc1OC(F)F)c1cc(F)ccc1O. The van der Waals surface area contributed by atoms with Gasteiger partial charge in [0.25, 0.3) is 5.91 Å². The first kappa shape index (κ1) is 14.7. The lowest BCUT2D eigenvalue weighted by Crippen LogP contribution is -2.14. The van der Waals surface area contributed by atoms with Crippen molar-refractivity contribution in [3.8, 4) is 11.5 Å². The standard InChI is InChI=1S/C14H10F3NO3/c15-8-5-6-11(19)9(7-8)13(20)18-10-3-1-2-4-12(10)21-14(16)17/h1-7,14,19H,(H,18,20). The Morgan fingerprint density at radius 1 is 1.19 bits per heavy atom. The molecule has 0 radical (unpaired) electrons. The predicted molar refractivity (Wildman–Crippen MR) is 69.1 cm³/mol. The van der Waals surface area contributed by atoms with E-state index in [0.717, 1.165) is 18.2 Å². The molecule has 0 saturated carbocycles. The van der Waals surface area contributed by atoms with Gasteiger partial charge in [-0.05, 0) is 30.3 Å². The van der Waals surface area contributed by atoms with Crippen LogP contribution in [-0.2, 0) is 0 Å². The molecule has 2 aromatic carbocycles. The lowest BCUT2D eigenvalue weighted by Gasteiger charge is -2.12. The topological polar surface area (TPSA) is 58.6 Å². The number of para-hydroxylation sites is 2. The number of aromatic hydroxyl groups is 1. The van der Waals surface area contributed by atoms with Crippen molar-refractivity contribution in [1.82, 2.24) is 0 Å². The van der Waals surface area contributed by atoms with Crippen molar-refractivity contribution in [3.63, 3.8) is 0 Å². The average molecular weight is 297 g/mol.